The zero-order valence-electron chi connectivity index (χ0n) is 8.87. The van der Waals surface area contributed by atoms with Gasteiger partial charge in [0, 0.05) is 5.41 Å². The summed E-state index contributed by atoms with van der Waals surface area (Å²) < 4.78 is 0. The van der Waals surface area contributed by atoms with Crippen LogP contribution in [0.5, 0.6) is 0 Å². The lowest BCUT2D eigenvalue weighted by Gasteiger charge is -2.23. The smallest absolute Gasteiger partial charge is 0.328 e. The van der Waals surface area contributed by atoms with E-state index in [2.05, 4.69) is 5.32 Å². The van der Waals surface area contributed by atoms with E-state index in [1.807, 2.05) is 0 Å². The number of hydrogen-bond acceptors (Lipinski definition) is 3. The second kappa shape index (κ2) is 4.41. The van der Waals surface area contributed by atoms with E-state index >= 15 is 0 Å². The first-order valence-corrected chi connectivity index (χ1v) is 4.38. The van der Waals surface area contributed by atoms with Crippen LogP contribution in [0.15, 0.2) is 0 Å². The van der Waals surface area contributed by atoms with Crippen LogP contribution in [0.2, 0.25) is 0 Å². The molecule has 0 fully saturated rings. The predicted octanol–water partition coefficient (Wildman–Crippen LogP) is -0.0173. The highest BCUT2D eigenvalue weighted by Gasteiger charge is 2.29. The molecule has 1 amide bonds. The lowest BCUT2D eigenvalue weighted by molar-refractivity contribution is -0.146. The van der Waals surface area contributed by atoms with E-state index in [0.29, 0.717) is 0 Å². The zero-order valence-corrected chi connectivity index (χ0v) is 8.87. The summed E-state index contributed by atoms with van der Waals surface area (Å²) in [5.74, 6) is -1.64. The number of carbonyl (C=O) groups excluding carboxylic acids is 1. The van der Waals surface area contributed by atoms with Gasteiger partial charge in [-0.15, -0.1) is 0 Å². The lowest BCUT2D eigenvalue weighted by Crippen LogP contribution is -2.50. The quantitative estimate of drug-likeness (QED) is 0.601. The number of aliphatic hydroxyl groups excluding tert-OH is 1. The van der Waals surface area contributed by atoms with Crippen LogP contribution in [0.25, 0.3) is 0 Å². The van der Waals surface area contributed by atoms with Crippen LogP contribution in [0.3, 0.4) is 0 Å². The molecule has 0 rings (SSSR count). The number of aliphatic carboxylic acids is 1. The molecule has 5 nitrogen and oxygen atoms in total. The summed E-state index contributed by atoms with van der Waals surface area (Å²) >= 11 is 0. The molecule has 0 radical (unpaired) electrons. The molecule has 14 heavy (non-hydrogen) atoms. The van der Waals surface area contributed by atoms with Crippen molar-refractivity contribution in [3.8, 4) is 0 Å². The summed E-state index contributed by atoms with van der Waals surface area (Å²) in [7, 11) is 0. The van der Waals surface area contributed by atoms with Crippen molar-refractivity contribution in [3.05, 3.63) is 0 Å². The fourth-order valence-electron chi connectivity index (χ4n) is 0.746. The number of nitrogens with one attached hydrogen (secondary N) is 1. The van der Waals surface area contributed by atoms with Crippen LogP contribution in [0, 0.1) is 5.41 Å². The first-order valence-electron chi connectivity index (χ1n) is 4.38. The first kappa shape index (κ1) is 12.9. The van der Waals surface area contributed by atoms with Gasteiger partial charge in [-0.05, 0) is 6.92 Å². The van der Waals surface area contributed by atoms with Gasteiger partial charge in [-0.25, -0.2) is 4.79 Å². The number of rotatable bonds is 3. The Balaban J connectivity index is 4.48. The van der Waals surface area contributed by atoms with Gasteiger partial charge in [0.05, 0.1) is 6.10 Å². The summed E-state index contributed by atoms with van der Waals surface area (Å²) in [6.07, 6.45) is -1.11. The average molecular weight is 203 g/mol. The predicted molar refractivity (Wildman–Crippen MR) is 50.7 cm³/mol. The Labute approximate surface area is 83.1 Å². The normalized spacial score (nSPS) is 15.8. The summed E-state index contributed by atoms with van der Waals surface area (Å²) in [5.41, 5.74) is -0.664. The molecule has 0 unspecified atom stereocenters. The van der Waals surface area contributed by atoms with Crippen molar-refractivity contribution in [3.63, 3.8) is 0 Å². The van der Waals surface area contributed by atoms with Gasteiger partial charge >= 0.3 is 5.97 Å². The third-order valence-corrected chi connectivity index (χ3v) is 1.72. The van der Waals surface area contributed by atoms with Gasteiger partial charge in [0.15, 0.2) is 6.04 Å². The molecule has 0 aromatic rings. The van der Waals surface area contributed by atoms with Crippen LogP contribution in [-0.4, -0.2) is 34.2 Å². The molecule has 0 saturated carbocycles. The molecular formula is C9H17NO4. The second-order valence-corrected chi connectivity index (χ2v) is 4.28. The highest BCUT2D eigenvalue weighted by Crippen LogP contribution is 2.13. The lowest BCUT2D eigenvalue weighted by atomic mass is 9.95. The molecule has 5 heteroatoms. The first-order chi connectivity index (χ1) is 6.16. The number of carboxylic acids is 1. The van der Waals surface area contributed by atoms with E-state index in [9.17, 15) is 9.59 Å². The number of aliphatic hydroxyl groups is 1. The SMILES string of the molecule is C[C@H](O)[C@@H](NC(=O)C(C)(C)C)C(=O)O. The van der Waals surface area contributed by atoms with Gasteiger partial charge in [-0.3, -0.25) is 4.79 Å². The minimum absolute atomic E-state index is 0.397. The van der Waals surface area contributed by atoms with Crippen molar-refractivity contribution in [2.45, 2.75) is 39.8 Å². The third kappa shape index (κ3) is 3.74. The van der Waals surface area contributed by atoms with Gasteiger partial charge in [0.25, 0.3) is 0 Å². The number of amides is 1. The Morgan fingerprint density at radius 1 is 1.29 bits per heavy atom. The molecule has 0 aliphatic carbocycles. The summed E-state index contributed by atoms with van der Waals surface area (Å²) in [5, 5.41) is 20.1. The highest BCUT2D eigenvalue weighted by molar-refractivity contribution is 5.86. The molecule has 2 atom stereocenters. The molecule has 0 heterocycles. The van der Waals surface area contributed by atoms with Crippen LogP contribution < -0.4 is 5.32 Å². The minimum atomic E-state index is -1.25. The van der Waals surface area contributed by atoms with E-state index in [1.54, 1.807) is 20.8 Å². The van der Waals surface area contributed by atoms with Crippen molar-refractivity contribution in [1.82, 2.24) is 5.32 Å². The van der Waals surface area contributed by atoms with Gasteiger partial charge < -0.3 is 15.5 Å². The van der Waals surface area contributed by atoms with Crippen molar-refractivity contribution in [2.75, 3.05) is 0 Å². The minimum Gasteiger partial charge on any atom is -0.480 e. The summed E-state index contributed by atoms with van der Waals surface area (Å²) in [4.78, 5) is 22.0. The Morgan fingerprint density at radius 3 is 1.93 bits per heavy atom. The fourth-order valence-corrected chi connectivity index (χ4v) is 0.746. The van der Waals surface area contributed by atoms with Crippen LogP contribution in [-0.2, 0) is 9.59 Å². The maximum absolute atomic E-state index is 11.4. The van der Waals surface area contributed by atoms with Crippen LogP contribution in [0.4, 0.5) is 0 Å². The molecule has 0 bridgehead atoms. The maximum Gasteiger partial charge on any atom is 0.328 e. The van der Waals surface area contributed by atoms with E-state index in [4.69, 9.17) is 10.2 Å². The maximum atomic E-state index is 11.4. The summed E-state index contributed by atoms with van der Waals surface area (Å²) in [6.45, 7) is 6.33. The second-order valence-electron chi connectivity index (χ2n) is 4.28. The van der Waals surface area contributed by atoms with Crippen LogP contribution in [0.1, 0.15) is 27.7 Å². The van der Waals surface area contributed by atoms with Gasteiger partial charge in [0.2, 0.25) is 5.91 Å². The summed E-state index contributed by atoms with van der Waals surface area (Å²) in [6, 6.07) is -1.25. The van der Waals surface area contributed by atoms with E-state index < -0.39 is 29.4 Å². The molecular weight excluding hydrogens is 186 g/mol. The van der Waals surface area contributed by atoms with Crippen molar-refractivity contribution < 1.29 is 19.8 Å². The highest BCUT2D eigenvalue weighted by atomic mass is 16.4. The number of carboxylic acid groups (broad SMARTS) is 1. The largest absolute Gasteiger partial charge is 0.480 e. The molecule has 0 aromatic carbocycles. The Morgan fingerprint density at radius 2 is 1.71 bits per heavy atom. The van der Waals surface area contributed by atoms with Crippen molar-refractivity contribution >= 4 is 11.9 Å². The van der Waals surface area contributed by atoms with Gasteiger partial charge in [-0.1, -0.05) is 20.8 Å². The Hall–Kier alpha value is -1.10. The molecule has 3 N–H and O–H groups in total. The van der Waals surface area contributed by atoms with Crippen molar-refractivity contribution in [1.29, 1.82) is 0 Å². The van der Waals surface area contributed by atoms with E-state index in [0.717, 1.165) is 0 Å². The van der Waals surface area contributed by atoms with Gasteiger partial charge in [-0.2, -0.15) is 0 Å². The third-order valence-electron chi connectivity index (χ3n) is 1.72. The Bertz CT molecular complexity index is 229. The molecule has 0 saturated heterocycles. The fraction of sp³-hybridized carbons (Fsp3) is 0.778. The molecule has 0 aromatic heterocycles. The van der Waals surface area contributed by atoms with Crippen molar-refractivity contribution in [2.24, 2.45) is 5.41 Å². The van der Waals surface area contributed by atoms with Crippen LogP contribution >= 0.6 is 0 Å². The van der Waals surface area contributed by atoms with Gasteiger partial charge in [0.1, 0.15) is 0 Å². The van der Waals surface area contributed by atoms with E-state index in [1.165, 1.54) is 6.92 Å². The number of hydrogen-bond donors (Lipinski definition) is 3. The monoisotopic (exact) mass is 203 g/mol. The molecule has 82 valence electrons. The molecule has 0 aliphatic rings. The molecule has 0 spiro atoms. The van der Waals surface area contributed by atoms with E-state index in [-0.39, 0.29) is 0 Å². The standard InChI is InChI=1S/C9H17NO4/c1-5(11)6(7(12)13)10-8(14)9(2,3)4/h5-6,11H,1-4H3,(H,10,14)(H,12,13)/t5-,6+/m0/s1. The molecule has 0 aliphatic heterocycles. The topological polar surface area (TPSA) is 86.6 Å². The zero-order chi connectivity index (χ0) is 11.5. The number of carbonyl (C=O) groups is 2. The Kier molecular flexibility index (Phi) is 4.07. The average Bonchev–Trinajstić information content (AvgIpc) is 1.96.